The Balaban J connectivity index is 1.49. The first-order valence-corrected chi connectivity index (χ1v) is 11.9. The fourth-order valence-electron chi connectivity index (χ4n) is 4.27. The maximum atomic E-state index is 12.8. The van der Waals surface area contributed by atoms with Crippen molar-refractivity contribution in [3.63, 3.8) is 0 Å². The van der Waals surface area contributed by atoms with Crippen molar-refractivity contribution in [3.8, 4) is 0 Å². The van der Waals surface area contributed by atoms with Crippen molar-refractivity contribution in [2.75, 3.05) is 13.1 Å². The van der Waals surface area contributed by atoms with Crippen LogP contribution >= 0.6 is 0 Å². The Kier molecular flexibility index (Phi) is 9.03. The minimum absolute atomic E-state index is 0.00888. The van der Waals surface area contributed by atoms with Crippen LogP contribution < -0.4 is 10.6 Å². The molecular weight excluding hydrogens is 414 g/mol. The lowest BCUT2D eigenvalue weighted by Crippen LogP contribution is -2.49. The summed E-state index contributed by atoms with van der Waals surface area (Å²) >= 11 is 0. The lowest BCUT2D eigenvalue weighted by atomic mass is 10.0. The van der Waals surface area contributed by atoms with Gasteiger partial charge in [0.25, 0.3) is 0 Å². The molecule has 3 unspecified atom stereocenters. The molecule has 0 aromatic heterocycles. The van der Waals surface area contributed by atoms with Crippen molar-refractivity contribution >= 4 is 11.8 Å². The van der Waals surface area contributed by atoms with Gasteiger partial charge in [0.05, 0.1) is 18.6 Å². The molecule has 33 heavy (non-hydrogen) atoms. The van der Waals surface area contributed by atoms with Crippen molar-refractivity contribution in [2.45, 2.75) is 65.5 Å². The summed E-state index contributed by atoms with van der Waals surface area (Å²) in [5.41, 5.74) is 3.22. The van der Waals surface area contributed by atoms with Crippen LogP contribution in [0.25, 0.3) is 0 Å². The SMILES string of the molecule is CC1CN(Cc2ccc(CNC(=O)C(NC(=O)Cc3ccccc3)C(C)C)cc2)CC(C)O1. The van der Waals surface area contributed by atoms with Crippen LogP contribution in [0.5, 0.6) is 0 Å². The van der Waals surface area contributed by atoms with Gasteiger partial charge in [-0.15, -0.1) is 0 Å². The smallest absolute Gasteiger partial charge is 0.243 e. The zero-order valence-electron chi connectivity index (χ0n) is 20.2. The second-order valence-corrected chi connectivity index (χ2v) is 9.44. The molecule has 0 radical (unpaired) electrons. The Hall–Kier alpha value is -2.70. The van der Waals surface area contributed by atoms with E-state index in [0.29, 0.717) is 6.54 Å². The molecule has 2 N–H and O–H groups in total. The molecule has 178 valence electrons. The summed E-state index contributed by atoms with van der Waals surface area (Å²) in [5.74, 6) is -0.316. The van der Waals surface area contributed by atoms with Crippen molar-refractivity contribution < 1.29 is 14.3 Å². The number of hydrogen-bond donors (Lipinski definition) is 2. The number of nitrogens with zero attached hydrogens (tertiary/aromatic N) is 1. The van der Waals surface area contributed by atoms with Crippen molar-refractivity contribution in [2.24, 2.45) is 5.92 Å². The highest BCUT2D eigenvalue weighted by atomic mass is 16.5. The van der Waals surface area contributed by atoms with Crippen molar-refractivity contribution in [1.29, 1.82) is 0 Å². The van der Waals surface area contributed by atoms with Crippen LogP contribution in [0, 0.1) is 5.92 Å². The van der Waals surface area contributed by atoms with Crippen LogP contribution in [-0.2, 0) is 33.8 Å². The van der Waals surface area contributed by atoms with Gasteiger partial charge in [-0.25, -0.2) is 0 Å². The molecule has 6 heteroatoms. The third-order valence-corrected chi connectivity index (χ3v) is 5.86. The number of carbonyl (C=O) groups is 2. The van der Waals surface area contributed by atoms with E-state index in [0.717, 1.165) is 30.8 Å². The number of hydrogen-bond acceptors (Lipinski definition) is 4. The summed E-state index contributed by atoms with van der Waals surface area (Å²) in [5, 5.41) is 5.88. The van der Waals surface area contributed by atoms with Gasteiger partial charge >= 0.3 is 0 Å². The summed E-state index contributed by atoms with van der Waals surface area (Å²) in [4.78, 5) is 27.7. The average Bonchev–Trinajstić information content (AvgIpc) is 2.76. The van der Waals surface area contributed by atoms with Crippen LogP contribution in [0.2, 0.25) is 0 Å². The van der Waals surface area contributed by atoms with Gasteiger partial charge < -0.3 is 15.4 Å². The number of morpholine rings is 1. The first-order chi connectivity index (χ1) is 15.8. The number of carbonyl (C=O) groups excluding carboxylic acids is 2. The van der Waals surface area contributed by atoms with E-state index in [2.05, 4.69) is 53.6 Å². The number of ether oxygens (including phenoxy) is 1. The van der Waals surface area contributed by atoms with E-state index in [1.54, 1.807) is 0 Å². The molecular formula is C27H37N3O3. The van der Waals surface area contributed by atoms with Crippen LogP contribution in [-0.4, -0.2) is 48.1 Å². The molecule has 3 atom stereocenters. The molecule has 1 aliphatic heterocycles. The molecule has 1 heterocycles. The highest BCUT2D eigenvalue weighted by molar-refractivity contribution is 5.88. The lowest BCUT2D eigenvalue weighted by Gasteiger charge is -2.35. The minimum Gasteiger partial charge on any atom is -0.373 e. The summed E-state index contributed by atoms with van der Waals surface area (Å²) in [6.07, 6.45) is 0.773. The molecule has 0 spiro atoms. The fraction of sp³-hybridized carbons (Fsp3) is 0.481. The molecule has 1 fully saturated rings. The summed E-state index contributed by atoms with van der Waals surface area (Å²) in [7, 11) is 0. The van der Waals surface area contributed by atoms with Gasteiger partial charge in [0.1, 0.15) is 6.04 Å². The van der Waals surface area contributed by atoms with Gasteiger partial charge in [0.15, 0.2) is 0 Å². The van der Waals surface area contributed by atoms with Crippen molar-refractivity contribution in [3.05, 3.63) is 71.3 Å². The lowest BCUT2D eigenvalue weighted by molar-refractivity contribution is -0.129. The molecule has 0 aliphatic carbocycles. The quantitative estimate of drug-likeness (QED) is 0.614. The number of rotatable bonds is 9. The average molecular weight is 452 g/mol. The van der Waals surface area contributed by atoms with E-state index in [1.807, 2.05) is 44.2 Å². The summed E-state index contributed by atoms with van der Waals surface area (Å²) < 4.78 is 5.81. The standard InChI is InChI=1S/C27H37N3O3/c1-19(2)26(29-25(31)14-22-8-6-5-7-9-22)27(32)28-15-23-10-12-24(13-11-23)18-30-16-20(3)33-21(4)17-30/h5-13,19-21,26H,14-18H2,1-4H3,(H,28,32)(H,29,31). The Labute approximate surface area is 197 Å². The Bertz CT molecular complexity index is 889. The molecule has 3 rings (SSSR count). The normalized spacial score (nSPS) is 19.8. The third kappa shape index (κ3) is 7.98. The van der Waals surface area contributed by atoms with Gasteiger partial charge in [-0.3, -0.25) is 14.5 Å². The molecule has 0 saturated carbocycles. The van der Waals surface area contributed by atoms with E-state index in [-0.39, 0.29) is 36.4 Å². The van der Waals surface area contributed by atoms with Gasteiger partial charge in [0.2, 0.25) is 11.8 Å². The van der Waals surface area contributed by atoms with E-state index in [1.165, 1.54) is 5.56 Å². The monoisotopic (exact) mass is 451 g/mol. The molecule has 2 aromatic carbocycles. The van der Waals surface area contributed by atoms with E-state index in [4.69, 9.17) is 4.74 Å². The largest absolute Gasteiger partial charge is 0.373 e. The number of amides is 2. The van der Waals surface area contributed by atoms with E-state index >= 15 is 0 Å². The summed E-state index contributed by atoms with van der Waals surface area (Å²) in [6, 6.07) is 17.3. The van der Waals surface area contributed by atoms with Crippen LogP contribution in [0.3, 0.4) is 0 Å². The highest BCUT2D eigenvalue weighted by Crippen LogP contribution is 2.15. The van der Waals surface area contributed by atoms with E-state index in [9.17, 15) is 9.59 Å². The van der Waals surface area contributed by atoms with Crippen LogP contribution in [0.15, 0.2) is 54.6 Å². The third-order valence-electron chi connectivity index (χ3n) is 5.86. The van der Waals surface area contributed by atoms with Gasteiger partial charge in [0, 0.05) is 26.2 Å². The fourth-order valence-corrected chi connectivity index (χ4v) is 4.27. The van der Waals surface area contributed by atoms with Gasteiger partial charge in [-0.1, -0.05) is 68.4 Å². The molecule has 2 aromatic rings. The first-order valence-electron chi connectivity index (χ1n) is 11.9. The molecule has 1 saturated heterocycles. The Morgan fingerprint density at radius 1 is 0.939 bits per heavy atom. The number of nitrogens with one attached hydrogen (secondary N) is 2. The second kappa shape index (κ2) is 12.0. The van der Waals surface area contributed by atoms with Gasteiger partial charge in [-0.05, 0) is 36.5 Å². The van der Waals surface area contributed by atoms with Crippen LogP contribution in [0.4, 0.5) is 0 Å². The maximum Gasteiger partial charge on any atom is 0.243 e. The van der Waals surface area contributed by atoms with Crippen LogP contribution in [0.1, 0.15) is 44.4 Å². The maximum absolute atomic E-state index is 12.8. The van der Waals surface area contributed by atoms with Gasteiger partial charge in [-0.2, -0.15) is 0 Å². The Morgan fingerprint density at radius 2 is 1.55 bits per heavy atom. The molecule has 0 bridgehead atoms. The zero-order chi connectivity index (χ0) is 23.8. The second-order valence-electron chi connectivity index (χ2n) is 9.44. The molecule has 6 nitrogen and oxygen atoms in total. The Morgan fingerprint density at radius 3 is 2.15 bits per heavy atom. The highest BCUT2D eigenvalue weighted by Gasteiger charge is 2.24. The minimum atomic E-state index is -0.564. The van der Waals surface area contributed by atoms with E-state index < -0.39 is 6.04 Å². The predicted octanol–water partition coefficient (Wildman–Crippen LogP) is 3.30. The molecule has 1 aliphatic rings. The zero-order valence-corrected chi connectivity index (χ0v) is 20.2. The van der Waals surface area contributed by atoms with Crippen molar-refractivity contribution in [1.82, 2.24) is 15.5 Å². The first kappa shape index (κ1) is 24.9. The summed E-state index contributed by atoms with van der Waals surface area (Å²) in [6.45, 7) is 11.3. The predicted molar refractivity (Wildman–Crippen MR) is 130 cm³/mol. The number of benzene rings is 2. The molecule has 2 amide bonds. The topological polar surface area (TPSA) is 70.7 Å².